The second-order valence-corrected chi connectivity index (χ2v) is 4.61. The zero-order valence-electron chi connectivity index (χ0n) is 9.50. The molecule has 0 saturated carbocycles. The average Bonchev–Trinajstić information content (AvgIpc) is 2.75. The van der Waals surface area contributed by atoms with Crippen molar-refractivity contribution in [3.8, 4) is 0 Å². The lowest BCUT2D eigenvalue weighted by molar-refractivity contribution is -0.127. The van der Waals surface area contributed by atoms with Gasteiger partial charge in [-0.2, -0.15) is 0 Å². The second kappa shape index (κ2) is 4.88. The van der Waals surface area contributed by atoms with Gasteiger partial charge < -0.3 is 4.90 Å². The molecule has 0 N–H and O–H groups in total. The van der Waals surface area contributed by atoms with Crippen molar-refractivity contribution in [3.05, 3.63) is 34.9 Å². The van der Waals surface area contributed by atoms with Gasteiger partial charge in [-0.25, -0.2) is 0 Å². The van der Waals surface area contributed by atoms with Crippen molar-refractivity contribution in [1.82, 2.24) is 4.90 Å². The number of carbonyl (C=O) groups excluding carboxylic acids is 1. The Kier molecular flexibility index (Phi) is 3.49. The predicted octanol–water partition coefficient (Wildman–Crippen LogP) is 2.37. The minimum Gasteiger partial charge on any atom is -0.340 e. The third kappa shape index (κ3) is 2.38. The summed E-state index contributed by atoms with van der Waals surface area (Å²) in [7, 11) is 1.79. The Morgan fingerprint density at radius 3 is 2.88 bits per heavy atom. The van der Waals surface area contributed by atoms with Crippen LogP contribution >= 0.6 is 11.6 Å². The van der Waals surface area contributed by atoms with Crippen LogP contribution in [0.5, 0.6) is 0 Å². The minimum absolute atomic E-state index is 0.0258. The van der Waals surface area contributed by atoms with E-state index in [1.807, 2.05) is 0 Å². The van der Waals surface area contributed by atoms with Crippen molar-refractivity contribution in [2.75, 3.05) is 12.9 Å². The number of nitrogens with zero attached hydrogens (tertiary/aromatic N) is 1. The van der Waals surface area contributed by atoms with Crippen molar-refractivity contribution in [3.63, 3.8) is 0 Å². The average molecular weight is 238 g/mol. The van der Waals surface area contributed by atoms with E-state index in [2.05, 4.69) is 18.2 Å². The summed E-state index contributed by atoms with van der Waals surface area (Å²) in [5.74, 6) is 0.0312. The number of hydrogen-bond donors (Lipinski definition) is 0. The molecule has 0 radical (unpaired) electrons. The van der Waals surface area contributed by atoms with Gasteiger partial charge in [0, 0.05) is 13.6 Å². The zero-order valence-corrected chi connectivity index (χ0v) is 10.3. The van der Waals surface area contributed by atoms with Crippen LogP contribution in [0.2, 0.25) is 0 Å². The van der Waals surface area contributed by atoms with E-state index in [0.29, 0.717) is 6.54 Å². The Morgan fingerprint density at radius 1 is 1.38 bits per heavy atom. The van der Waals surface area contributed by atoms with Gasteiger partial charge in [0.05, 0.1) is 0 Å². The fraction of sp³-hybridized carbons (Fsp3) is 0.462. The molecule has 1 aliphatic carbocycles. The molecule has 0 unspecified atom stereocenters. The topological polar surface area (TPSA) is 20.3 Å². The second-order valence-electron chi connectivity index (χ2n) is 4.34. The molecule has 2 nitrogen and oxygen atoms in total. The lowest BCUT2D eigenvalue weighted by Crippen LogP contribution is -2.27. The molecule has 0 saturated heterocycles. The number of rotatable bonds is 3. The molecule has 3 heteroatoms. The van der Waals surface area contributed by atoms with Gasteiger partial charge >= 0.3 is 0 Å². The third-order valence-electron chi connectivity index (χ3n) is 3.12. The first-order valence-corrected chi connectivity index (χ1v) is 6.15. The van der Waals surface area contributed by atoms with Gasteiger partial charge in [0.1, 0.15) is 5.88 Å². The molecule has 1 aromatic carbocycles. The first-order chi connectivity index (χ1) is 7.70. The lowest BCUT2D eigenvalue weighted by atomic mass is 10.1. The van der Waals surface area contributed by atoms with Crippen LogP contribution in [0, 0.1) is 0 Å². The van der Waals surface area contributed by atoms with Crippen LogP contribution in [-0.4, -0.2) is 23.7 Å². The normalized spacial score (nSPS) is 13.6. The molecule has 0 heterocycles. The zero-order chi connectivity index (χ0) is 11.5. The Bertz CT molecular complexity index is 403. The number of carbonyl (C=O) groups is 1. The van der Waals surface area contributed by atoms with Gasteiger partial charge in [-0.05, 0) is 36.0 Å². The van der Waals surface area contributed by atoms with Crippen molar-refractivity contribution >= 4 is 17.5 Å². The SMILES string of the molecule is CN(Cc1ccc2c(c1)CCC2)C(=O)CCl. The minimum atomic E-state index is -0.0258. The number of alkyl halides is 1. The molecule has 0 fully saturated rings. The molecule has 0 bridgehead atoms. The molecule has 86 valence electrons. The van der Waals surface area contributed by atoms with Gasteiger partial charge in [0.2, 0.25) is 5.91 Å². The molecular formula is C13H16ClNO. The van der Waals surface area contributed by atoms with E-state index in [-0.39, 0.29) is 11.8 Å². The maximum absolute atomic E-state index is 11.3. The van der Waals surface area contributed by atoms with Crippen molar-refractivity contribution in [2.24, 2.45) is 0 Å². The van der Waals surface area contributed by atoms with Gasteiger partial charge in [-0.15, -0.1) is 11.6 Å². The van der Waals surface area contributed by atoms with Crippen LogP contribution in [0.15, 0.2) is 18.2 Å². The highest BCUT2D eigenvalue weighted by atomic mass is 35.5. The monoisotopic (exact) mass is 237 g/mol. The number of benzene rings is 1. The van der Waals surface area contributed by atoms with Gasteiger partial charge in [-0.3, -0.25) is 4.79 Å². The van der Waals surface area contributed by atoms with E-state index in [1.165, 1.54) is 36.0 Å². The molecule has 1 aromatic rings. The highest BCUT2D eigenvalue weighted by Crippen LogP contribution is 2.23. The summed E-state index contributed by atoms with van der Waals surface area (Å²) in [4.78, 5) is 13.0. The number of halogens is 1. The van der Waals surface area contributed by atoms with Crippen molar-refractivity contribution in [1.29, 1.82) is 0 Å². The number of fused-ring (bicyclic) bond motifs is 1. The van der Waals surface area contributed by atoms with Crippen LogP contribution in [0.1, 0.15) is 23.1 Å². The maximum Gasteiger partial charge on any atom is 0.237 e. The molecule has 0 aromatic heterocycles. The maximum atomic E-state index is 11.3. The number of hydrogen-bond acceptors (Lipinski definition) is 1. The molecule has 0 aliphatic heterocycles. The summed E-state index contributed by atoms with van der Waals surface area (Å²) >= 11 is 5.52. The number of aryl methyl sites for hydroxylation is 2. The van der Waals surface area contributed by atoms with Crippen LogP contribution < -0.4 is 0 Å². The Labute approximate surface area is 101 Å². The first kappa shape index (κ1) is 11.5. The Balaban J connectivity index is 2.08. The summed E-state index contributed by atoms with van der Waals surface area (Å²) in [6.07, 6.45) is 3.64. The van der Waals surface area contributed by atoms with E-state index in [9.17, 15) is 4.79 Å². The molecule has 1 amide bonds. The van der Waals surface area contributed by atoms with Gasteiger partial charge in [-0.1, -0.05) is 18.2 Å². The summed E-state index contributed by atoms with van der Waals surface area (Å²) in [6, 6.07) is 6.53. The largest absolute Gasteiger partial charge is 0.340 e. The van der Waals surface area contributed by atoms with E-state index < -0.39 is 0 Å². The van der Waals surface area contributed by atoms with Crippen LogP contribution in [0.3, 0.4) is 0 Å². The van der Waals surface area contributed by atoms with Crippen LogP contribution in [0.4, 0.5) is 0 Å². The molecule has 2 rings (SSSR count). The molecule has 1 aliphatic rings. The Morgan fingerprint density at radius 2 is 2.12 bits per heavy atom. The smallest absolute Gasteiger partial charge is 0.237 e. The highest BCUT2D eigenvalue weighted by molar-refractivity contribution is 6.27. The van der Waals surface area contributed by atoms with Crippen molar-refractivity contribution < 1.29 is 4.79 Å². The fourth-order valence-electron chi connectivity index (χ4n) is 2.19. The number of amides is 1. The fourth-order valence-corrected chi connectivity index (χ4v) is 2.39. The van der Waals surface area contributed by atoms with Crippen LogP contribution in [0.25, 0.3) is 0 Å². The summed E-state index contributed by atoms with van der Waals surface area (Å²) < 4.78 is 0. The Hall–Kier alpha value is -1.02. The lowest BCUT2D eigenvalue weighted by Gasteiger charge is -2.16. The van der Waals surface area contributed by atoms with E-state index in [0.717, 1.165) is 0 Å². The predicted molar refractivity (Wildman–Crippen MR) is 65.7 cm³/mol. The molecule has 0 spiro atoms. The van der Waals surface area contributed by atoms with Gasteiger partial charge in [0.15, 0.2) is 0 Å². The summed E-state index contributed by atoms with van der Waals surface area (Å²) in [5.41, 5.74) is 4.11. The first-order valence-electron chi connectivity index (χ1n) is 5.61. The molecule has 0 atom stereocenters. The van der Waals surface area contributed by atoms with Crippen LogP contribution in [-0.2, 0) is 24.2 Å². The summed E-state index contributed by atoms with van der Waals surface area (Å²) in [6.45, 7) is 0.652. The molecule has 16 heavy (non-hydrogen) atoms. The quantitative estimate of drug-likeness (QED) is 0.740. The highest BCUT2D eigenvalue weighted by Gasteiger charge is 2.12. The van der Waals surface area contributed by atoms with E-state index >= 15 is 0 Å². The summed E-state index contributed by atoms with van der Waals surface area (Å²) in [5, 5.41) is 0. The third-order valence-corrected chi connectivity index (χ3v) is 3.35. The van der Waals surface area contributed by atoms with Crippen molar-refractivity contribution in [2.45, 2.75) is 25.8 Å². The van der Waals surface area contributed by atoms with E-state index in [1.54, 1.807) is 11.9 Å². The van der Waals surface area contributed by atoms with Gasteiger partial charge in [0.25, 0.3) is 0 Å². The van der Waals surface area contributed by atoms with E-state index in [4.69, 9.17) is 11.6 Å². The molecular weight excluding hydrogens is 222 g/mol. The standard InChI is InChI=1S/C13H16ClNO/c1-15(13(16)8-14)9-10-5-6-11-3-2-4-12(11)7-10/h5-7H,2-4,8-9H2,1H3.